The molecule has 2 aromatic carbocycles. The molecular weight excluding hydrogens is 355 g/mol. The Bertz CT molecular complexity index is 675. The van der Waals surface area contributed by atoms with E-state index in [9.17, 15) is 30.5 Å². The summed E-state index contributed by atoms with van der Waals surface area (Å²) >= 11 is 0. The van der Waals surface area contributed by atoms with Crippen LogP contribution in [0.2, 0.25) is 0 Å². The predicted octanol–water partition coefficient (Wildman–Crippen LogP) is 1.18. The van der Waals surface area contributed by atoms with E-state index in [-0.39, 0.29) is 62.2 Å². The summed E-state index contributed by atoms with van der Waals surface area (Å²) in [6.07, 6.45) is -4.02. The molecule has 0 radical (unpaired) electrons. The molecule has 120 valence electrons. The first-order valence-electron chi connectivity index (χ1n) is 6.13. The van der Waals surface area contributed by atoms with Gasteiger partial charge in [-0.3, -0.25) is 0 Å². The molecule has 0 saturated carbocycles. The Morgan fingerprint density at radius 3 is 2.17 bits per heavy atom. The van der Waals surface area contributed by atoms with Gasteiger partial charge in [-0.15, -0.1) is 0 Å². The molecule has 0 unspecified atom stereocenters. The third-order valence-corrected chi connectivity index (χ3v) is 3.00. The Morgan fingerprint density at radius 1 is 1.00 bits per heavy atom. The first-order valence-corrected chi connectivity index (χ1v) is 6.13. The van der Waals surface area contributed by atoms with Crippen molar-refractivity contribution in [2.45, 2.75) is 12.3 Å². The van der Waals surface area contributed by atoms with E-state index in [1.165, 1.54) is 24.3 Å². The van der Waals surface area contributed by atoms with Crippen LogP contribution in [0.3, 0.4) is 0 Å². The summed E-state index contributed by atoms with van der Waals surface area (Å²) in [7, 11) is 0. The SMILES string of the molecule is FC(F)C(F)(F)COc1ccc2ccccc2c1[B-](F)(F)F.[K+]. The molecule has 0 aliphatic heterocycles. The fourth-order valence-corrected chi connectivity index (χ4v) is 1.98. The molecule has 2 aromatic rings. The van der Waals surface area contributed by atoms with Gasteiger partial charge < -0.3 is 17.7 Å². The van der Waals surface area contributed by atoms with Gasteiger partial charge in [-0.05, 0) is 16.8 Å². The molecule has 0 bridgehead atoms. The van der Waals surface area contributed by atoms with Crippen molar-refractivity contribution in [2.75, 3.05) is 6.61 Å². The third kappa shape index (κ3) is 4.85. The third-order valence-electron chi connectivity index (χ3n) is 3.00. The fraction of sp³-hybridized carbons (Fsp3) is 0.231. The summed E-state index contributed by atoms with van der Waals surface area (Å²) in [4.78, 5) is 0. The van der Waals surface area contributed by atoms with Crippen LogP contribution >= 0.6 is 0 Å². The van der Waals surface area contributed by atoms with Gasteiger partial charge in [-0.2, -0.15) is 8.78 Å². The standard InChI is InChI=1S/C13H9BF7O.K/c15-12(16)13(17,18)7-22-10-6-5-8-3-1-2-4-9(8)11(10)14(19,20)21;/h1-6,12H,7H2;/q-1;+1. The molecule has 0 aromatic heterocycles. The van der Waals surface area contributed by atoms with Crippen molar-refractivity contribution in [2.24, 2.45) is 0 Å². The number of halogens is 7. The summed E-state index contributed by atoms with van der Waals surface area (Å²) in [5.41, 5.74) is -1.21. The second-order valence-corrected chi connectivity index (χ2v) is 4.62. The molecule has 0 N–H and O–H groups in total. The fourth-order valence-electron chi connectivity index (χ4n) is 1.98. The molecule has 0 heterocycles. The topological polar surface area (TPSA) is 9.23 Å². The second-order valence-electron chi connectivity index (χ2n) is 4.62. The monoisotopic (exact) mass is 364 g/mol. The van der Waals surface area contributed by atoms with Crippen molar-refractivity contribution in [3.63, 3.8) is 0 Å². The second kappa shape index (κ2) is 7.73. The number of hydrogen-bond acceptors (Lipinski definition) is 1. The molecule has 2 rings (SSSR count). The van der Waals surface area contributed by atoms with Crippen LogP contribution in [0.1, 0.15) is 0 Å². The van der Waals surface area contributed by atoms with E-state index in [0.717, 1.165) is 12.1 Å². The molecule has 0 spiro atoms. The van der Waals surface area contributed by atoms with Crippen molar-refractivity contribution in [3.05, 3.63) is 36.4 Å². The van der Waals surface area contributed by atoms with E-state index in [4.69, 9.17) is 0 Å². The van der Waals surface area contributed by atoms with Crippen LogP contribution in [0.15, 0.2) is 36.4 Å². The van der Waals surface area contributed by atoms with E-state index in [2.05, 4.69) is 4.74 Å². The van der Waals surface area contributed by atoms with E-state index in [1.807, 2.05) is 0 Å². The van der Waals surface area contributed by atoms with Gasteiger partial charge in [0.15, 0.2) is 6.61 Å². The molecule has 1 nitrogen and oxygen atoms in total. The molecule has 0 saturated heterocycles. The Labute approximate surface area is 169 Å². The van der Waals surface area contributed by atoms with Gasteiger partial charge in [0.25, 0.3) is 0 Å². The molecule has 10 heteroatoms. The van der Waals surface area contributed by atoms with Gasteiger partial charge in [0.2, 0.25) is 0 Å². The summed E-state index contributed by atoms with van der Waals surface area (Å²) < 4.78 is 93.7. The predicted molar refractivity (Wildman–Crippen MR) is 69.1 cm³/mol. The van der Waals surface area contributed by atoms with Gasteiger partial charge in [0, 0.05) is 0 Å². The summed E-state index contributed by atoms with van der Waals surface area (Å²) in [6.45, 7) is -7.40. The Balaban J connectivity index is 0.00000264. The smallest absolute Gasteiger partial charge is 0.490 e. The first kappa shape index (κ1) is 20.8. The Morgan fingerprint density at radius 2 is 1.61 bits per heavy atom. The number of rotatable bonds is 5. The normalized spacial score (nSPS) is 12.3. The van der Waals surface area contributed by atoms with Gasteiger partial charge >= 0.3 is 70.7 Å². The van der Waals surface area contributed by atoms with Crippen molar-refractivity contribution < 1.29 is 86.6 Å². The number of hydrogen-bond donors (Lipinski definition) is 0. The molecular formula is C13H9BF7KO. The summed E-state index contributed by atoms with van der Waals surface area (Å²) in [5, 5.41) is 0.0116. The first-order chi connectivity index (χ1) is 10.1. The van der Waals surface area contributed by atoms with Gasteiger partial charge in [-0.1, -0.05) is 35.8 Å². The quantitative estimate of drug-likeness (QED) is 0.572. The minimum absolute atomic E-state index is 0. The van der Waals surface area contributed by atoms with Gasteiger partial charge in [0.05, 0.1) is 5.75 Å². The van der Waals surface area contributed by atoms with Crippen LogP contribution < -0.4 is 61.6 Å². The number of benzene rings is 2. The summed E-state index contributed by atoms with van der Waals surface area (Å²) in [6, 6.07) is 7.55. The molecule has 0 atom stereocenters. The average Bonchev–Trinajstić information content (AvgIpc) is 2.43. The van der Waals surface area contributed by atoms with E-state index in [1.54, 1.807) is 0 Å². The maximum Gasteiger partial charge on any atom is 1.00 e. The maximum atomic E-state index is 13.2. The van der Waals surface area contributed by atoms with Crippen molar-refractivity contribution in [3.8, 4) is 5.75 Å². The van der Waals surface area contributed by atoms with Crippen molar-refractivity contribution in [1.82, 2.24) is 0 Å². The number of fused-ring (bicyclic) bond motifs is 1. The van der Waals surface area contributed by atoms with E-state index in [0.29, 0.717) is 0 Å². The molecule has 0 aliphatic rings. The van der Waals surface area contributed by atoms with Crippen LogP contribution in [-0.2, 0) is 0 Å². The minimum Gasteiger partial charge on any atom is -0.490 e. The van der Waals surface area contributed by atoms with E-state index >= 15 is 0 Å². The minimum atomic E-state index is -5.57. The van der Waals surface area contributed by atoms with Crippen molar-refractivity contribution in [1.29, 1.82) is 0 Å². The largest absolute Gasteiger partial charge is 1.00 e. The van der Waals surface area contributed by atoms with Crippen LogP contribution in [0, 0.1) is 0 Å². The maximum absolute atomic E-state index is 13.2. The zero-order chi connectivity index (χ0) is 16.5. The van der Waals surface area contributed by atoms with Gasteiger partial charge in [0.1, 0.15) is 0 Å². The zero-order valence-corrected chi connectivity index (χ0v) is 15.0. The van der Waals surface area contributed by atoms with Crippen LogP contribution in [-0.4, -0.2) is 25.9 Å². The Kier molecular flexibility index (Phi) is 6.98. The van der Waals surface area contributed by atoms with Crippen molar-refractivity contribution >= 4 is 23.2 Å². The molecule has 0 amide bonds. The van der Waals surface area contributed by atoms with Gasteiger partial charge in [-0.25, -0.2) is 8.78 Å². The van der Waals surface area contributed by atoms with Crippen LogP contribution in [0.5, 0.6) is 5.75 Å². The Hall–Kier alpha value is -0.289. The molecule has 0 fully saturated rings. The van der Waals surface area contributed by atoms with Crippen LogP contribution in [0.25, 0.3) is 10.8 Å². The molecule has 0 aliphatic carbocycles. The number of alkyl halides is 4. The number of ether oxygens (including phenoxy) is 1. The summed E-state index contributed by atoms with van der Waals surface area (Å²) in [5.74, 6) is -5.41. The van der Waals surface area contributed by atoms with E-state index < -0.39 is 37.1 Å². The zero-order valence-electron chi connectivity index (χ0n) is 11.9. The van der Waals surface area contributed by atoms with Crippen LogP contribution in [0.4, 0.5) is 30.5 Å². The molecule has 23 heavy (non-hydrogen) atoms. The average molecular weight is 364 g/mol.